The Labute approximate surface area is 255 Å². The van der Waals surface area contributed by atoms with Gasteiger partial charge in [0.15, 0.2) is 0 Å². The fourth-order valence-corrected chi connectivity index (χ4v) is 5.13. The van der Waals surface area contributed by atoms with E-state index < -0.39 is 4.92 Å². The van der Waals surface area contributed by atoms with Crippen molar-refractivity contribution in [1.29, 1.82) is 0 Å². The molecule has 5 aromatic rings. The zero-order valence-corrected chi connectivity index (χ0v) is 24.8. The average molecular weight is 603 g/mol. The smallest absolute Gasteiger partial charge is 0.294 e. The summed E-state index contributed by atoms with van der Waals surface area (Å²) in [4.78, 5) is 29.1. The second-order valence-electron chi connectivity index (χ2n) is 10.1. The molecule has 2 aromatic carbocycles. The van der Waals surface area contributed by atoms with Gasteiger partial charge in [0.2, 0.25) is 5.95 Å². The topological polar surface area (TPSA) is 114 Å². The number of fused-ring (bicyclic) bond motifs is 1. The Bertz CT molecular complexity index is 1770. The van der Waals surface area contributed by atoms with Gasteiger partial charge in [-0.25, -0.2) is 9.97 Å². The van der Waals surface area contributed by atoms with Crippen molar-refractivity contribution >= 4 is 45.5 Å². The van der Waals surface area contributed by atoms with Crippen molar-refractivity contribution in [3.8, 4) is 28.3 Å². The SMILES string of the molecule is C.COc1cc(N(C)CCN(C)C)c([N+](=O)[O-])cc1Nc1nccc(-c2c(-c3cncc(Cl)c3)n(C)c3ccccc23)n1. The number of hydrogen-bond donors (Lipinski definition) is 1. The van der Waals surface area contributed by atoms with Crippen molar-refractivity contribution in [1.82, 2.24) is 24.4 Å². The average Bonchev–Trinajstić information content (AvgIpc) is 3.28. The quantitative estimate of drug-likeness (QED) is 0.139. The highest BCUT2D eigenvalue weighted by Crippen LogP contribution is 2.41. The Hall–Kier alpha value is -4.74. The molecule has 0 radical (unpaired) electrons. The van der Waals surface area contributed by atoms with Crippen LogP contribution < -0.4 is 15.0 Å². The molecule has 0 aliphatic carbocycles. The lowest BCUT2D eigenvalue weighted by molar-refractivity contribution is -0.384. The van der Waals surface area contributed by atoms with Gasteiger partial charge in [-0.2, -0.15) is 0 Å². The number of hydrogen-bond acceptors (Lipinski definition) is 9. The van der Waals surface area contributed by atoms with Gasteiger partial charge in [-0.05, 0) is 32.3 Å². The third kappa shape index (κ3) is 6.37. The van der Waals surface area contributed by atoms with E-state index in [2.05, 4.69) is 19.9 Å². The molecule has 0 fully saturated rings. The zero-order chi connectivity index (χ0) is 30.0. The largest absolute Gasteiger partial charge is 0.494 e. The highest BCUT2D eigenvalue weighted by Gasteiger charge is 2.24. The number of aromatic nitrogens is 4. The van der Waals surface area contributed by atoms with E-state index in [0.29, 0.717) is 34.4 Å². The van der Waals surface area contributed by atoms with Crippen LogP contribution in [-0.4, -0.2) is 70.7 Å². The maximum absolute atomic E-state index is 12.1. The van der Waals surface area contributed by atoms with Crippen LogP contribution in [0.25, 0.3) is 33.4 Å². The Morgan fingerprint density at radius 3 is 2.56 bits per heavy atom. The highest BCUT2D eigenvalue weighted by molar-refractivity contribution is 6.30. The van der Waals surface area contributed by atoms with E-state index in [0.717, 1.165) is 34.3 Å². The Kier molecular flexibility index (Phi) is 9.47. The van der Waals surface area contributed by atoms with Gasteiger partial charge in [0.05, 0.1) is 34.1 Å². The summed E-state index contributed by atoms with van der Waals surface area (Å²) in [5.74, 6) is 0.689. The summed E-state index contributed by atoms with van der Waals surface area (Å²) >= 11 is 6.31. The first-order chi connectivity index (χ1) is 20.2. The van der Waals surface area contributed by atoms with Crippen LogP contribution in [0.1, 0.15) is 7.43 Å². The fraction of sp³-hybridized carbons (Fsp3) is 0.258. The number of ether oxygens (including phenoxy) is 1. The standard InChI is InChI=1S/C30H31ClN8O3.CH4/c1-36(2)12-13-37(3)25-16-27(42-5)23(15-26(25)39(40)41)35-30-33-11-10-22(34-30)28-21-8-6-7-9-24(21)38(4)29(28)19-14-20(31)18-32-17-19;/h6-11,14-18H,12-13H2,1-5H3,(H,33,34,35);1H4. The normalized spacial score (nSPS) is 11.0. The van der Waals surface area contributed by atoms with Gasteiger partial charge < -0.3 is 24.4 Å². The summed E-state index contributed by atoms with van der Waals surface area (Å²) in [5, 5.41) is 16.8. The lowest BCUT2D eigenvalue weighted by Crippen LogP contribution is -2.28. The van der Waals surface area contributed by atoms with Crippen molar-refractivity contribution in [2.24, 2.45) is 7.05 Å². The lowest BCUT2D eigenvalue weighted by Gasteiger charge is -2.22. The lowest BCUT2D eigenvalue weighted by atomic mass is 10.0. The molecule has 0 aliphatic rings. The molecule has 0 spiro atoms. The van der Waals surface area contributed by atoms with Crippen LogP contribution in [0.2, 0.25) is 5.02 Å². The van der Waals surface area contributed by atoms with E-state index in [1.165, 1.54) is 13.2 Å². The molecule has 1 N–H and O–H groups in total. The van der Waals surface area contributed by atoms with Gasteiger partial charge in [-0.15, -0.1) is 0 Å². The van der Waals surface area contributed by atoms with Crippen molar-refractivity contribution in [2.45, 2.75) is 7.43 Å². The zero-order valence-electron chi connectivity index (χ0n) is 24.0. The first-order valence-electron chi connectivity index (χ1n) is 13.2. The summed E-state index contributed by atoms with van der Waals surface area (Å²) in [6, 6.07) is 14.9. The maximum Gasteiger partial charge on any atom is 0.294 e. The maximum atomic E-state index is 12.1. The molecule has 0 amide bonds. The molecule has 0 saturated heterocycles. The van der Waals surface area contributed by atoms with Crippen LogP contribution in [0, 0.1) is 10.1 Å². The fourth-order valence-electron chi connectivity index (χ4n) is 4.96. The number of nitrogens with one attached hydrogen (secondary N) is 1. The molecule has 5 rings (SSSR count). The second kappa shape index (κ2) is 13.1. The van der Waals surface area contributed by atoms with Gasteiger partial charge in [0, 0.05) is 79.9 Å². The number of aryl methyl sites for hydroxylation is 1. The summed E-state index contributed by atoms with van der Waals surface area (Å²) in [6.45, 7) is 1.34. The van der Waals surface area contributed by atoms with Crippen LogP contribution in [0.5, 0.6) is 5.75 Å². The van der Waals surface area contributed by atoms with E-state index in [1.54, 1.807) is 24.7 Å². The van der Waals surface area contributed by atoms with Crippen LogP contribution >= 0.6 is 11.6 Å². The Morgan fingerprint density at radius 1 is 1.09 bits per heavy atom. The summed E-state index contributed by atoms with van der Waals surface area (Å²) in [5.41, 5.74) is 5.08. The van der Waals surface area contributed by atoms with Crippen molar-refractivity contribution in [3.05, 3.63) is 82.3 Å². The Morgan fingerprint density at radius 2 is 1.86 bits per heavy atom. The Balaban J connectivity index is 0.00000423. The molecule has 3 heterocycles. The molecule has 0 unspecified atom stereocenters. The third-order valence-corrected chi connectivity index (χ3v) is 7.24. The van der Waals surface area contributed by atoms with Crippen molar-refractivity contribution in [3.63, 3.8) is 0 Å². The van der Waals surface area contributed by atoms with Gasteiger partial charge in [0.1, 0.15) is 11.4 Å². The molecular weight excluding hydrogens is 568 g/mol. The first-order valence-corrected chi connectivity index (χ1v) is 13.6. The van der Waals surface area contributed by atoms with Gasteiger partial charge in [0.25, 0.3) is 5.69 Å². The molecule has 3 aromatic heterocycles. The summed E-state index contributed by atoms with van der Waals surface area (Å²) < 4.78 is 7.72. The van der Waals surface area contributed by atoms with Crippen LogP contribution in [0.4, 0.5) is 23.0 Å². The number of benzene rings is 2. The molecule has 11 nitrogen and oxygen atoms in total. The number of rotatable bonds is 10. The monoisotopic (exact) mass is 602 g/mol. The van der Waals surface area contributed by atoms with Crippen LogP contribution in [0.15, 0.2) is 67.1 Å². The number of methoxy groups -OCH3 is 1. The molecular formula is C31H35ClN8O3. The summed E-state index contributed by atoms with van der Waals surface area (Å²) in [6.07, 6.45) is 5.01. The van der Waals surface area contributed by atoms with Crippen LogP contribution in [0.3, 0.4) is 0 Å². The van der Waals surface area contributed by atoms with Gasteiger partial charge in [-0.1, -0.05) is 37.2 Å². The van der Waals surface area contributed by atoms with E-state index in [4.69, 9.17) is 21.3 Å². The molecule has 43 heavy (non-hydrogen) atoms. The predicted octanol–water partition coefficient (Wildman–Crippen LogP) is 6.65. The molecule has 224 valence electrons. The number of halogens is 1. The summed E-state index contributed by atoms with van der Waals surface area (Å²) in [7, 11) is 9.24. The highest BCUT2D eigenvalue weighted by atomic mass is 35.5. The minimum absolute atomic E-state index is 0. The predicted molar refractivity (Wildman–Crippen MR) is 174 cm³/mol. The van der Waals surface area contributed by atoms with Crippen LogP contribution in [-0.2, 0) is 7.05 Å². The second-order valence-corrected chi connectivity index (χ2v) is 10.5. The number of pyridine rings is 1. The number of para-hydroxylation sites is 1. The van der Waals surface area contributed by atoms with Gasteiger partial charge in [-0.3, -0.25) is 15.1 Å². The molecule has 0 aliphatic heterocycles. The van der Waals surface area contributed by atoms with Crippen molar-refractivity contribution < 1.29 is 9.66 Å². The van der Waals surface area contributed by atoms with E-state index in [1.807, 2.05) is 74.4 Å². The first kappa shape index (κ1) is 31.2. The number of nitro benzene ring substituents is 1. The molecule has 12 heteroatoms. The minimum atomic E-state index is -0.398. The molecule has 0 atom stereocenters. The number of anilines is 3. The molecule has 0 bridgehead atoms. The third-order valence-electron chi connectivity index (χ3n) is 7.03. The number of nitro groups is 1. The number of likely N-dealkylation sites (N-methyl/N-ethyl adjacent to an activating group) is 2. The van der Waals surface area contributed by atoms with E-state index >= 15 is 0 Å². The number of nitrogens with zero attached hydrogens (tertiary/aromatic N) is 7. The minimum Gasteiger partial charge on any atom is -0.494 e. The molecule has 0 saturated carbocycles. The van der Waals surface area contributed by atoms with Crippen molar-refractivity contribution in [2.75, 3.05) is 51.6 Å². The van der Waals surface area contributed by atoms with E-state index in [9.17, 15) is 10.1 Å². The van der Waals surface area contributed by atoms with Gasteiger partial charge >= 0.3 is 0 Å². The van der Waals surface area contributed by atoms with E-state index in [-0.39, 0.29) is 19.1 Å².